The molecule has 3 fully saturated rings. The van der Waals surface area contributed by atoms with Crippen LogP contribution >= 0.6 is 0 Å². The molecule has 11 heteroatoms. The van der Waals surface area contributed by atoms with Gasteiger partial charge in [-0.25, -0.2) is 4.79 Å². The Kier molecular flexibility index (Phi) is 9.31. The van der Waals surface area contributed by atoms with Gasteiger partial charge in [0.15, 0.2) is 6.61 Å². The van der Waals surface area contributed by atoms with Gasteiger partial charge in [-0.3, -0.25) is 14.4 Å². The number of rotatable bonds is 10. The monoisotopic (exact) mass is 599 g/mol. The molecule has 2 amide bonds. The second kappa shape index (κ2) is 12.3. The van der Waals surface area contributed by atoms with E-state index in [1.54, 1.807) is 13.8 Å². The summed E-state index contributed by atoms with van der Waals surface area (Å²) >= 11 is 0. The molecule has 0 bridgehead atoms. The van der Waals surface area contributed by atoms with Crippen LogP contribution in [0.2, 0.25) is 0 Å². The maximum absolute atomic E-state index is 12.6. The number of aliphatic carboxylic acids is 2. The van der Waals surface area contributed by atoms with E-state index in [4.69, 9.17) is 16.4 Å². The Morgan fingerprint density at radius 1 is 1.07 bits per heavy atom. The summed E-state index contributed by atoms with van der Waals surface area (Å²) in [6.45, 7) is 7.46. The number of carbonyl (C=O) groups excluding carboxylic acids is 2. The number of carboxylic acids is 2. The molecule has 5 unspecified atom stereocenters. The zero-order valence-corrected chi connectivity index (χ0v) is 25.5. The summed E-state index contributed by atoms with van der Waals surface area (Å²) in [6.07, 6.45) is 14.4. The predicted octanol–water partition coefficient (Wildman–Crippen LogP) is 2.87. The van der Waals surface area contributed by atoms with Crippen LogP contribution in [0.4, 0.5) is 0 Å². The number of allylic oxidation sites excluding steroid dienone is 2. The number of nitrogens with zero attached hydrogens (tertiary/aromatic N) is 1. The van der Waals surface area contributed by atoms with Crippen LogP contribution < -0.4 is 10.6 Å². The van der Waals surface area contributed by atoms with E-state index in [9.17, 15) is 29.4 Å². The Balaban J connectivity index is 1.35. The lowest BCUT2D eigenvalue weighted by Crippen LogP contribution is -2.54. The molecule has 4 aliphatic rings. The smallest absolute Gasteiger partial charge is 0.326 e. The molecule has 3 saturated carbocycles. The lowest BCUT2D eigenvalue weighted by molar-refractivity contribution is -0.147. The Hall–Kier alpha value is -3.39. The first-order valence-corrected chi connectivity index (χ1v) is 15.3. The molecular formula is C32H45N3O8. The second-order valence-corrected chi connectivity index (χ2v) is 13.6. The quantitative estimate of drug-likeness (QED) is 0.188. The maximum Gasteiger partial charge on any atom is 0.326 e. The fourth-order valence-corrected chi connectivity index (χ4v) is 8.46. The predicted molar refractivity (Wildman–Crippen MR) is 157 cm³/mol. The molecule has 0 radical (unpaired) electrons. The Labute approximate surface area is 252 Å². The average molecular weight is 600 g/mol. The Bertz CT molecular complexity index is 1250. The zero-order valence-electron chi connectivity index (χ0n) is 25.5. The minimum Gasteiger partial charge on any atom is -0.481 e. The Morgan fingerprint density at radius 3 is 2.40 bits per heavy atom. The summed E-state index contributed by atoms with van der Waals surface area (Å²) in [7, 11) is 0. The van der Waals surface area contributed by atoms with Crippen LogP contribution in [0.3, 0.4) is 0 Å². The normalized spacial score (nSPS) is 35.3. The third-order valence-corrected chi connectivity index (χ3v) is 11.0. The van der Waals surface area contributed by atoms with Gasteiger partial charge in [0.2, 0.25) is 5.91 Å². The highest BCUT2D eigenvalue weighted by Crippen LogP contribution is 2.67. The average Bonchev–Trinajstić information content (AvgIpc) is 3.21. The highest BCUT2D eigenvalue weighted by molar-refractivity contribution is 5.96. The van der Waals surface area contributed by atoms with Crippen LogP contribution in [0, 0.1) is 46.8 Å². The molecule has 0 saturated heterocycles. The highest BCUT2D eigenvalue weighted by atomic mass is 16.6. The van der Waals surface area contributed by atoms with Gasteiger partial charge in [0.05, 0.1) is 12.1 Å². The molecule has 4 aliphatic carbocycles. The van der Waals surface area contributed by atoms with Gasteiger partial charge in [-0.05, 0) is 86.5 Å². The van der Waals surface area contributed by atoms with Gasteiger partial charge in [-0.15, -0.1) is 6.42 Å². The molecule has 0 aromatic carbocycles. The van der Waals surface area contributed by atoms with Crippen LogP contribution in [-0.2, 0) is 24.0 Å². The Morgan fingerprint density at radius 2 is 1.77 bits per heavy atom. The number of aliphatic hydroxyl groups is 1. The van der Waals surface area contributed by atoms with Gasteiger partial charge in [0.1, 0.15) is 17.7 Å². The first kappa shape index (κ1) is 32.5. The van der Waals surface area contributed by atoms with Gasteiger partial charge in [0.25, 0.3) is 5.91 Å². The van der Waals surface area contributed by atoms with Crippen molar-refractivity contribution in [3.05, 3.63) is 11.6 Å². The summed E-state index contributed by atoms with van der Waals surface area (Å²) < 4.78 is 0. The molecule has 0 aromatic rings. The third kappa shape index (κ3) is 6.17. The van der Waals surface area contributed by atoms with Crippen LogP contribution in [0.25, 0.3) is 0 Å². The molecule has 0 aliphatic heterocycles. The molecule has 5 N–H and O–H groups in total. The minimum atomic E-state index is -1.62. The van der Waals surface area contributed by atoms with E-state index in [2.05, 4.69) is 41.6 Å². The molecular weight excluding hydrogens is 554 g/mol. The van der Waals surface area contributed by atoms with Gasteiger partial charge in [0, 0.05) is 5.41 Å². The number of carbonyl (C=O) groups is 4. The molecule has 0 heterocycles. The van der Waals surface area contributed by atoms with E-state index in [1.807, 2.05) is 0 Å². The number of terminal acetylenes is 1. The number of hydrogen-bond acceptors (Lipinski definition) is 7. The molecule has 11 nitrogen and oxygen atoms in total. The molecule has 236 valence electrons. The number of carboxylic acid groups (broad SMARTS) is 2. The summed E-state index contributed by atoms with van der Waals surface area (Å²) in [5.41, 5.74) is 0.909. The van der Waals surface area contributed by atoms with Crippen molar-refractivity contribution in [1.82, 2.24) is 10.6 Å². The molecule has 4 rings (SSSR count). The van der Waals surface area contributed by atoms with Gasteiger partial charge in [-0.2, -0.15) is 0 Å². The molecule has 8 atom stereocenters. The van der Waals surface area contributed by atoms with Gasteiger partial charge < -0.3 is 30.8 Å². The van der Waals surface area contributed by atoms with Crippen molar-refractivity contribution in [3.63, 3.8) is 0 Å². The number of nitrogens with one attached hydrogen (secondary N) is 2. The summed E-state index contributed by atoms with van der Waals surface area (Å²) in [6, 6.07) is -2.70. The highest BCUT2D eigenvalue weighted by Gasteiger charge is 2.63. The number of fused-ring (bicyclic) bond motifs is 5. The first-order chi connectivity index (χ1) is 20.1. The molecule has 0 aromatic heterocycles. The van der Waals surface area contributed by atoms with Crippen LogP contribution in [0.1, 0.15) is 85.5 Å². The third-order valence-electron chi connectivity index (χ3n) is 11.0. The van der Waals surface area contributed by atoms with Crippen molar-refractivity contribution in [2.45, 2.75) is 103 Å². The van der Waals surface area contributed by atoms with E-state index in [0.29, 0.717) is 30.6 Å². The summed E-state index contributed by atoms with van der Waals surface area (Å²) in [5, 5.41) is 38.3. The van der Waals surface area contributed by atoms with E-state index in [0.717, 1.165) is 44.2 Å². The summed E-state index contributed by atoms with van der Waals surface area (Å²) in [5.74, 6) is -0.430. The van der Waals surface area contributed by atoms with Crippen molar-refractivity contribution in [1.29, 1.82) is 0 Å². The standard InChI is InChI=1S/C32H45N3O8/c1-6-32(42)14-11-23-21-8-7-19-15-20(9-12-30(19,4)22(21)10-13-31(23,32)5)35-43-17-25(36)34-27(18(2)3)28(39)33-24(29(40)41)16-26(37)38/h1,15,18,21-24,27,42H,7-14,16-17H2,2-5H3,(H,33,39)(H,34,36)(H,37,38)(H,40,41)/b35-20+/t21?,22?,23?,24?,27?,30-,31-,32+/m0/s1. The minimum absolute atomic E-state index is 0.0454. The van der Waals surface area contributed by atoms with Crippen molar-refractivity contribution >= 4 is 29.5 Å². The van der Waals surface area contributed by atoms with Crippen molar-refractivity contribution < 1.29 is 39.3 Å². The van der Waals surface area contributed by atoms with Crippen LogP contribution in [-0.4, -0.2) is 69.1 Å². The van der Waals surface area contributed by atoms with Crippen LogP contribution in [0.5, 0.6) is 0 Å². The number of oxime groups is 1. The largest absolute Gasteiger partial charge is 0.481 e. The second-order valence-electron chi connectivity index (χ2n) is 13.6. The fraction of sp³-hybridized carbons (Fsp3) is 0.719. The fourth-order valence-electron chi connectivity index (χ4n) is 8.46. The lowest BCUT2D eigenvalue weighted by Gasteiger charge is -2.58. The van der Waals surface area contributed by atoms with Crippen molar-refractivity contribution in [2.24, 2.45) is 39.7 Å². The van der Waals surface area contributed by atoms with Crippen molar-refractivity contribution in [2.75, 3.05) is 6.61 Å². The topological polar surface area (TPSA) is 175 Å². The molecule has 0 spiro atoms. The van der Waals surface area contributed by atoms with Gasteiger partial charge >= 0.3 is 11.9 Å². The maximum atomic E-state index is 12.6. The zero-order chi connectivity index (χ0) is 31.7. The van der Waals surface area contributed by atoms with Crippen LogP contribution in [0.15, 0.2) is 16.8 Å². The van der Waals surface area contributed by atoms with E-state index in [1.165, 1.54) is 5.57 Å². The first-order valence-electron chi connectivity index (χ1n) is 15.3. The van der Waals surface area contributed by atoms with E-state index in [-0.39, 0.29) is 10.8 Å². The number of amides is 2. The lowest BCUT2D eigenvalue weighted by atomic mass is 9.46. The van der Waals surface area contributed by atoms with Crippen molar-refractivity contribution in [3.8, 4) is 12.3 Å². The SMILES string of the molecule is C#C[C@@]1(O)CCC2C3CCC4=C/C(=N/OCC(=O)NC(C(=O)NC(CC(=O)O)C(=O)O)C(C)C)CC[C@]4(C)C3CC[C@@]21C. The van der Waals surface area contributed by atoms with Gasteiger partial charge in [-0.1, -0.05) is 44.3 Å². The number of hydrogen-bond donors (Lipinski definition) is 5. The summed E-state index contributed by atoms with van der Waals surface area (Å²) in [4.78, 5) is 52.9. The van der Waals surface area contributed by atoms with E-state index >= 15 is 0 Å². The van der Waals surface area contributed by atoms with E-state index < -0.39 is 60.4 Å². The molecule has 43 heavy (non-hydrogen) atoms.